The summed E-state index contributed by atoms with van der Waals surface area (Å²) >= 11 is 0. The highest BCUT2D eigenvalue weighted by Gasteiger charge is 2.21. The molecule has 0 amide bonds. The summed E-state index contributed by atoms with van der Waals surface area (Å²) in [6.07, 6.45) is 11.4. The number of phenols is 1. The number of phenolic OH excluding ortho intramolecular Hbond substituents is 1. The molecule has 0 radical (unpaired) electrons. The van der Waals surface area contributed by atoms with Crippen LogP contribution in [0.2, 0.25) is 0 Å². The van der Waals surface area contributed by atoms with Crippen molar-refractivity contribution in [3.8, 4) is 5.75 Å². The monoisotopic (exact) mass is 342 g/mol. The maximum absolute atomic E-state index is 10.6. The minimum absolute atomic E-state index is 0.0566. The van der Waals surface area contributed by atoms with Gasteiger partial charge >= 0.3 is 0 Å². The minimum Gasteiger partial charge on any atom is -0.507 e. The molecule has 0 aliphatic heterocycles. The Morgan fingerprint density at radius 2 is 1.72 bits per heavy atom. The van der Waals surface area contributed by atoms with E-state index >= 15 is 0 Å². The second-order valence-electron chi connectivity index (χ2n) is 6.86. The first-order valence-corrected chi connectivity index (χ1v) is 9.68. The van der Waals surface area contributed by atoms with Crippen LogP contribution in [-0.4, -0.2) is 5.11 Å². The van der Waals surface area contributed by atoms with E-state index in [1.807, 2.05) is 27.7 Å². The normalized spacial score (nSPS) is 13.0. The number of allylic oxidation sites excluding steroid dienone is 4. The van der Waals surface area contributed by atoms with Gasteiger partial charge in [0, 0.05) is 12.0 Å². The Kier molecular flexibility index (Phi) is 10.2. The number of hydrogen-bond donors (Lipinski definition) is 1. The van der Waals surface area contributed by atoms with E-state index in [2.05, 4.69) is 58.6 Å². The topological polar surface area (TPSA) is 20.2 Å². The molecule has 1 aromatic carbocycles. The van der Waals surface area contributed by atoms with E-state index in [-0.39, 0.29) is 5.41 Å². The van der Waals surface area contributed by atoms with Gasteiger partial charge in [-0.1, -0.05) is 85.4 Å². The summed E-state index contributed by atoms with van der Waals surface area (Å²) in [5.41, 5.74) is 5.63. The van der Waals surface area contributed by atoms with Crippen LogP contribution in [0.15, 0.2) is 36.4 Å². The highest BCUT2D eigenvalue weighted by Crippen LogP contribution is 2.37. The third-order valence-electron chi connectivity index (χ3n) is 4.16. The SMILES string of the molecule is C=Cc1c(C)c(C(C)(C)C)cc(CC2=CCCC=C2)c1O.CC.CC. The first kappa shape index (κ1) is 23.2. The third kappa shape index (κ3) is 6.23. The van der Waals surface area contributed by atoms with Gasteiger partial charge in [-0.3, -0.25) is 0 Å². The molecule has 0 atom stereocenters. The van der Waals surface area contributed by atoms with Crippen molar-refractivity contribution < 1.29 is 5.11 Å². The summed E-state index contributed by atoms with van der Waals surface area (Å²) in [4.78, 5) is 0. The van der Waals surface area contributed by atoms with Crippen molar-refractivity contribution in [3.05, 3.63) is 58.7 Å². The molecule has 0 saturated heterocycles. The van der Waals surface area contributed by atoms with Gasteiger partial charge in [0.2, 0.25) is 0 Å². The fourth-order valence-corrected chi connectivity index (χ4v) is 3.03. The molecule has 1 aromatic rings. The lowest BCUT2D eigenvalue weighted by atomic mass is 9.80. The molecule has 0 fully saturated rings. The molecule has 25 heavy (non-hydrogen) atoms. The van der Waals surface area contributed by atoms with Crippen LogP contribution in [-0.2, 0) is 11.8 Å². The van der Waals surface area contributed by atoms with Gasteiger partial charge in [0.1, 0.15) is 5.75 Å². The minimum atomic E-state index is 0.0566. The maximum Gasteiger partial charge on any atom is 0.126 e. The molecule has 1 N–H and O–H groups in total. The molecule has 0 aromatic heterocycles. The number of hydrogen-bond acceptors (Lipinski definition) is 1. The van der Waals surface area contributed by atoms with E-state index in [0.717, 1.165) is 36.0 Å². The van der Waals surface area contributed by atoms with E-state index in [0.29, 0.717) is 5.75 Å². The lowest BCUT2D eigenvalue weighted by molar-refractivity contribution is 0.465. The Labute approximate surface area is 156 Å². The van der Waals surface area contributed by atoms with Gasteiger partial charge < -0.3 is 5.11 Å². The van der Waals surface area contributed by atoms with E-state index in [1.165, 1.54) is 11.1 Å². The van der Waals surface area contributed by atoms with Crippen molar-refractivity contribution in [2.75, 3.05) is 0 Å². The van der Waals surface area contributed by atoms with Crippen molar-refractivity contribution in [1.82, 2.24) is 0 Å². The van der Waals surface area contributed by atoms with Crippen LogP contribution < -0.4 is 0 Å². The predicted molar refractivity (Wildman–Crippen MR) is 114 cm³/mol. The highest BCUT2D eigenvalue weighted by molar-refractivity contribution is 5.65. The number of rotatable bonds is 3. The fraction of sp³-hybridized carbons (Fsp3) is 0.500. The molecule has 0 spiro atoms. The summed E-state index contributed by atoms with van der Waals surface area (Å²) in [6.45, 7) is 20.6. The number of benzene rings is 1. The predicted octanol–water partition coefficient (Wildman–Crippen LogP) is 7.51. The summed E-state index contributed by atoms with van der Waals surface area (Å²) in [7, 11) is 0. The highest BCUT2D eigenvalue weighted by atomic mass is 16.3. The van der Waals surface area contributed by atoms with Crippen LogP contribution >= 0.6 is 0 Å². The average molecular weight is 343 g/mol. The van der Waals surface area contributed by atoms with Gasteiger partial charge in [-0.25, -0.2) is 0 Å². The fourth-order valence-electron chi connectivity index (χ4n) is 3.03. The Morgan fingerprint density at radius 1 is 1.12 bits per heavy atom. The molecule has 0 saturated carbocycles. The first-order chi connectivity index (χ1) is 11.8. The smallest absolute Gasteiger partial charge is 0.126 e. The molecule has 2 rings (SSSR count). The van der Waals surface area contributed by atoms with Crippen molar-refractivity contribution in [1.29, 1.82) is 0 Å². The van der Waals surface area contributed by atoms with Gasteiger partial charge in [0.05, 0.1) is 0 Å². The van der Waals surface area contributed by atoms with Crippen molar-refractivity contribution in [3.63, 3.8) is 0 Å². The van der Waals surface area contributed by atoms with Crippen molar-refractivity contribution >= 4 is 6.08 Å². The Bertz CT molecular complexity index is 610. The standard InChI is InChI=1S/C20H26O.2C2H6/c1-6-17-14(2)18(20(3,4)5)13-16(19(17)21)12-15-10-8-7-9-11-15;2*1-2/h6,8,10-11,13,21H,1,7,9,12H2,2-5H3;2*1-2H3. The largest absolute Gasteiger partial charge is 0.507 e. The zero-order chi connectivity index (χ0) is 19.6. The summed E-state index contributed by atoms with van der Waals surface area (Å²) in [5.74, 6) is 0.385. The van der Waals surface area contributed by atoms with Crippen LogP contribution in [0.3, 0.4) is 0 Å². The molecule has 1 nitrogen and oxygen atoms in total. The summed E-state index contributed by atoms with van der Waals surface area (Å²) in [6, 6.07) is 2.17. The molecule has 0 unspecified atom stereocenters. The van der Waals surface area contributed by atoms with Crippen LogP contribution in [0.5, 0.6) is 5.75 Å². The lowest BCUT2D eigenvalue weighted by Gasteiger charge is -2.25. The molecule has 1 aliphatic rings. The quantitative estimate of drug-likeness (QED) is 0.602. The molecule has 0 heterocycles. The van der Waals surface area contributed by atoms with E-state index in [4.69, 9.17) is 0 Å². The van der Waals surface area contributed by atoms with Crippen LogP contribution in [0.4, 0.5) is 0 Å². The molecular formula is C24H38O. The zero-order valence-corrected chi connectivity index (χ0v) is 17.7. The maximum atomic E-state index is 10.6. The lowest BCUT2D eigenvalue weighted by Crippen LogP contribution is -2.15. The molecular weight excluding hydrogens is 304 g/mol. The van der Waals surface area contributed by atoms with E-state index < -0.39 is 0 Å². The van der Waals surface area contributed by atoms with Crippen LogP contribution in [0.1, 0.15) is 83.6 Å². The van der Waals surface area contributed by atoms with Gasteiger partial charge in [-0.2, -0.15) is 0 Å². The van der Waals surface area contributed by atoms with Crippen LogP contribution in [0.25, 0.3) is 6.08 Å². The molecule has 1 aliphatic carbocycles. The Morgan fingerprint density at radius 3 is 2.16 bits per heavy atom. The molecule has 1 heteroatoms. The summed E-state index contributed by atoms with van der Waals surface area (Å²) < 4.78 is 0. The third-order valence-corrected chi connectivity index (χ3v) is 4.16. The van der Waals surface area contributed by atoms with Gasteiger partial charge in [0.15, 0.2) is 0 Å². The van der Waals surface area contributed by atoms with Gasteiger partial charge in [0.25, 0.3) is 0 Å². The van der Waals surface area contributed by atoms with Gasteiger partial charge in [-0.05, 0) is 47.4 Å². The Hall–Kier alpha value is -1.76. The molecule has 140 valence electrons. The first-order valence-electron chi connectivity index (χ1n) is 9.68. The van der Waals surface area contributed by atoms with E-state index in [1.54, 1.807) is 6.08 Å². The zero-order valence-electron chi connectivity index (χ0n) is 17.7. The number of aromatic hydroxyl groups is 1. The van der Waals surface area contributed by atoms with Crippen molar-refractivity contribution in [2.45, 2.75) is 80.1 Å². The summed E-state index contributed by atoms with van der Waals surface area (Å²) in [5, 5.41) is 10.6. The van der Waals surface area contributed by atoms with Crippen LogP contribution in [0, 0.1) is 6.92 Å². The van der Waals surface area contributed by atoms with Gasteiger partial charge in [-0.15, -0.1) is 0 Å². The average Bonchev–Trinajstić information content (AvgIpc) is 2.61. The second kappa shape index (κ2) is 11.0. The Balaban J connectivity index is 0.00000134. The second-order valence-corrected chi connectivity index (χ2v) is 6.86. The molecule has 0 bridgehead atoms. The van der Waals surface area contributed by atoms with Crippen molar-refractivity contribution in [2.24, 2.45) is 0 Å². The van der Waals surface area contributed by atoms with E-state index in [9.17, 15) is 5.11 Å².